The van der Waals surface area contributed by atoms with E-state index in [-0.39, 0.29) is 24.9 Å². The third-order valence-corrected chi connectivity index (χ3v) is 4.82. The van der Waals surface area contributed by atoms with E-state index in [9.17, 15) is 18.3 Å². The van der Waals surface area contributed by atoms with Crippen molar-refractivity contribution in [1.82, 2.24) is 4.90 Å². The minimum absolute atomic E-state index is 0.00528. The Morgan fingerprint density at radius 3 is 2.30 bits per heavy atom. The van der Waals surface area contributed by atoms with Gasteiger partial charge in [0.1, 0.15) is 0 Å². The van der Waals surface area contributed by atoms with Crippen molar-refractivity contribution in [3.8, 4) is 0 Å². The monoisotopic (exact) mass is 327 g/mol. The lowest BCUT2D eigenvalue weighted by molar-refractivity contribution is -0.166. The van der Waals surface area contributed by atoms with E-state index in [0.29, 0.717) is 19.8 Å². The smallest absolute Gasteiger partial charge is 0.385 e. The highest BCUT2D eigenvalue weighted by Gasteiger charge is 2.53. The van der Waals surface area contributed by atoms with Crippen LogP contribution in [0.25, 0.3) is 0 Å². The van der Waals surface area contributed by atoms with Crippen molar-refractivity contribution in [1.29, 1.82) is 0 Å². The van der Waals surface area contributed by atoms with E-state index in [1.54, 1.807) is 0 Å². The maximum absolute atomic E-state index is 13.0. The van der Waals surface area contributed by atoms with Gasteiger partial charge in [-0.15, -0.1) is 0 Å². The SMILES string of the molecule is C=C(C(F)(F)F)C1(O)CC2COCC(C1)N2Cc1ccccc1. The molecular weight excluding hydrogens is 307 g/mol. The van der Waals surface area contributed by atoms with E-state index >= 15 is 0 Å². The number of morpholine rings is 1. The second kappa shape index (κ2) is 5.92. The Hall–Kier alpha value is -1.37. The summed E-state index contributed by atoms with van der Waals surface area (Å²) in [5.74, 6) is 0. The van der Waals surface area contributed by atoms with Crippen molar-refractivity contribution in [2.24, 2.45) is 0 Å². The van der Waals surface area contributed by atoms with Gasteiger partial charge in [-0.2, -0.15) is 13.2 Å². The normalized spacial score (nSPS) is 31.8. The third kappa shape index (κ3) is 3.29. The Balaban J connectivity index is 1.79. The number of ether oxygens (including phenoxy) is 1. The Kier molecular flexibility index (Phi) is 4.25. The number of halogens is 3. The molecule has 2 unspecified atom stereocenters. The molecule has 2 aliphatic heterocycles. The van der Waals surface area contributed by atoms with Crippen LogP contribution in [0.15, 0.2) is 42.5 Å². The van der Waals surface area contributed by atoms with Crippen molar-refractivity contribution < 1.29 is 23.0 Å². The van der Waals surface area contributed by atoms with Crippen molar-refractivity contribution in [2.45, 2.75) is 43.2 Å². The molecule has 2 saturated heterocycles. The lowest BCUT2D eigenvalue weighted by atomic mass is 9.76. The van der Waals surface area contributed by atoms with Gasteiger partial charge >= 0.3 is 6.18 Å². The molecule has 3 rings (SSSR count). The Morgan fingerprint density at radius 2 is 1.78 bits per heavy atom. The minimum Gasteiger partial charge on any atom is -0.385 e. The molecule has 0 aromatic heterocycles. The topological polar surface area (TPSA) is 32.7 Å². The van der Waals surface area contributed by atoms with Gasteiger partial charge in [0.05, 0.1) is 24.4 Å². The quantitative estimate of drug-likeness (QED) is 0.867. The first-order valence-electron chi connectivity index (χ1n) is 7.66. The minimum atomic E-state index is -4.58. The van der Waals surface area contributed by atoms with Crippen molar-refractivity contribution in [2.75, 3.05) is 13.2 Å². The van der Waals surface area contributed by atoms with Crippen LogP contribution >= 0.6 is 0 Å². The number of hydrogen-bond acceptors (Lipinski definition) is 3. The first-order chi connectivity index (χ1) is 10.8. The summed E-state index contributed by atoms with van der Waals surface area (Å²) in [6.45, 7) is 4.43. The van der Waals surface area contributed by atoms with E-state index in [2.05, 4.69) is 11.5 Å². The molecule has 2 heterocycles. The van der Waals surface area contributed by atoms with Crippen LogP contribution in [0.3, 0.4) is 0 Å². The van der Waals surface area contributed by atoms with Crippen molar-refractivity contribution in [3.05, 3.63) is 48.0 Å². The molecular formula is C17H20F3NO2. The summed E-state index contributed by atoms with van der Waals surface area (Å²) in [6, 6.07) is 9.30. The summed E-state index contributed by atoms with van der Waals surface area (Å²) in [5, 5.41) is 10.6. The summed E-state index contributed by atoms with van der Waals surface area (Å²) in [6.07, 6.45) is -4.59. The second-order valence-corrected chi connectivity index (χ2v) is 6.42. The largest absolute Gasteiger partial charge is 0.414 e. The Bertz CT molecular complexity index is 559. The van der Waals surface area contributed by atoms with E-state index in [0.717, 1.165) is 5.56 Å². The highest BCUT2D eigenvalue weighted by atomic mass is 19.4. The summed E-state index contributed by atoms with van der Waals surface area (Å²) >= 11 is 0. The molecule has 1 N–H and O–H groups in total. The first-order valence-corrected chi connectivity index (χ1v) is 7.66. The zero-order valence-electron chi connectivity index (χ0n) is 12.7. The molecule has 0 amide bonds. The number of aliphatic hydroxyl groups is 1. The van der Waals surface area contributed by atoms with Crippen molar-refractivity contribution in [3.63, 3.8) is 0 Å². The van der Waals surface area contributed by atoms with Crippen LogP contribution < -0.4 is 0 Å². The second-order valence-electron chi connectivity index (χ2n) is 6.42. The van der Waals surface area contributed by atoms with Gasteiger partial charge in [-0.05, 0) is 18.4 Å². The molecule has 2 bridgehead atoms. The van der Waals surface area contributed by atoms with E-state index in [4.69, 9.17) is 4.74 Å². The lowest BCUT2D eigenvalue weighted by Crippen LogP contribution is -2.62. The molecule has 1 aromatic carbocycles. The van der Waals surface area contributed by atoms with Crippen LogP contribution in [-0.4, -0.2) is 47.1 Å². The molecule has 0 radical (unpaired) electrons. The van der Waals surface area contributed by atoms with Crippen LogP contribution in [0.5, 0.6) is 0 Å². The summed E-state index contributed by atoms with van der Waals surface area (Å²) in [7, 11) is 0. The fourth-order valence-corrected chi connectivity index (χ4v) is 3.61. The molecule has 2 aliphatic rings. The average Bonchev–Trinajstić information content (AvgIpc) is 2.48. The lowest BCUT2D eigenvalue weighted by Gasteiger charge is -2.52. The van der Waals surface area contributed by atoms with E-state index in [1.807, 2.05) is 30.3 Å². The van der Waals surface area contributed by atoms with Gasteiger partial charge in [0.2, 0.25) is 0 Å². The fraction of sp³-hybridized carbons (Fsp3) is 0.529. The molecule has 126 valence electrons. The van der Waals surface area contributed by atoms with E-state index < -0.39 is 17.4 Å². The summed E-state index contributed by atoms with van der Waals surface area (Å²) in [4.78, 5) is 2.15. The Labute approximate surface area is 133 Å². The summed E-state index contributed by atoms with van der Waals surface area (Å²) in [5.41, 5.74) is -1.84. The van der Waals surface area contributed by atoms with Crippen molar-refractivity contribution >= 4 is 0 Å². The highest BCUT2D eigenvalue weighted by molar-refractivity contribution is 5.23. The number of nitrogens with zero attached hydrogens (tertiary/aromatic N) is 1. The number of fused-ring (bicyclic) bond motifs is 2. The summed E-state index contributed by atoms with van der Waals surface area (Å²) < 4.78 is 44.5. The fourth-order valence-electron chi connectivity index (χ4n) is 3.61. The average molecular weight is 327 g/mol. The first kappa shape index (κ1) is 16.5. The molecule has 0 saturated carbocycles. The zero-order valence-corrected chi connectivity index (χ0v) is 12.7. The van der Waals surface area contributed by atoms with Crippen LogP contribution in [0, 0.1) is 0 Å². The Morgan fingerprint density at radius 1 is 1.22 bits per heavy atom. The maximum atomic E-state index is 13.0. The molecule has 0 spiro atoms. The van der Waals surface area contributed by atoms with Gasteiger partial charge in [-0.1, -0.05) is 36.9 Å². The van der Waals surface area contributed by atoms with Gasteiger partial charge in [-0.3, -0.25) is 4.90 Å². The molecule has 2 atom stereocenters. The number of rotatable bonds is 3. The van der Waals surface area contributed by atoms with Crippen LogP contribution in [0.4, 0.5) is 13.2 Å². The predicted molar refractivity (Wildman–Crippen MR) is 79.8 cm³/mol. The number of piperidine rings is 1. The number of hydrogen-bond donors (Lipinski definition) is 1. The van der Waals surface area contributed by atoms with E-state index in [1.165, 1.54) is 0 Å². The van der Waals surface area contributed by atoms with Gasteiger partial charge in [0.15, 0.2) is 0 Å². The van der Waals surface area contributed by atoms with Gasteiger partial charge in [0.25, 0.3) is 0 Å². The van der Waals surface area contributed by atoms with Crippen LogP contribution in [0.1, 0.15) is 18.4 Å². The molecule has 3 nitrogen and oxygen atoms in total. The van der Waals surface area contributed by atoms with Crippen LogP contribution in [-0.2, 0) is 11.3 Å². The van der Waals surface area contributed by atoms with Gasteiger partial charge < -0.3 is 9.84 Å². The van der Waals surface area contributed by atoms with Gasteiger partial charge in [-0.25, -0.2) is 0 Å². The standard InChI is InChI=1S/C17H20F3NO2/c1-12(17(18,19)20)16(22)7-14-10-23-11-15(8-16)21(14)9-13-5-3-2-4-6-13/h2-6,14-15,22H,1,7-11H2. The highest BCUT2D eigenvalue weighted by Crippen LogP contribution is 2.44. The van der Waals surface area contributed by atoms with Gasteiger partial charge in [0, 0.05) is 18.6 Å². The molecule has 0 aliphatic carbocycles. The molecule has 2 fully saturated rings. The third-order valence-electron chi connectivity index (χ3n) is 4.82. The molecule has 23 heavy (non-hydrogen) atoms. The number of benzene rings is 1. The number of alkyl halides is 3. The van der Waals surface area contributed by atoms with Crippen LogP contribution in [0.2, 0.25) is 0 Å². The maximum Gasteiger partial charge on any atom is 0.414 e. The predicted octanol–water partition coefficient (Wildman–Crippen LogP) is 2.90. The molecule has 1 aromatic rings. The zero-order chi connectivity index (χ0) is 16.7. The molecule has 6 heteroatoms.